The van der Waals surface area contributed by atoms with Crippen molar-refractivity contribution in [2.75, 3.05) is 26.2 Å². The maximum atomic E-state index is 11.9. The number of hydrogen-bond acceptors (Lipinski definition) is 6. The first-order valence-electron chi connectivity index (χ1n) is 7.73. The van der Waals surface area contributed by atoms with E-state index in [1.165, 1.54) is 0 Å². The van der Waals surface area contributed by atoms with Crippen LogP contribution in [0.4, 0.5) is 0 Å². The highest BCUT2D eigenvalue weighted by atomic mass is 16.5. The van der Waals surface area contributed by atoms with E-state index in [1.807, 2.05) is 30.3 Å². The van der Waals surface area contributed by atoms with Crippen LogP contribution in [0.3, 0.4) is 0 Å². The third-order valence-electron chi connectivity index (χ3n) is 4.09. The molecule has 1 aliphatic heterocycles. The van der Waals surface area contributed by atoms with E-state index >= 15 is 0 Å². The number of rotatable bonds is 5. The van der Waals surface area contributed by atoms with Gasteiger partial charge in [0.05, 0.1) is 6.54 Å². The minimum absolute atomic E-state index is 0.307. The predicted molar refractivity (Wildman–Crippen MR) is 84.3 cm³/mol. The number of aromatic nitrogens is 2. The number of carbonyl (C=O) groups is 1. The van der Waals surface area contributed by atoms with Gasteiger partial charge in [-0.3, -0.25) is 14.6 Å². The van der Waals surface area contributed by atoms with Gasteiger partial charge in [-0.05, 0) is 5.56 Å². The van der Waals surface area contributed by atoms with Gasteiger partial charge < -0.3 is 10.3 Å². The standard InChI is InChI=1S/C16H21N5O2/c1-12-18-14(19-23-12)11-20-7-9-21(10-8-20)15(16(17)22)13-5-3-2-4-6-13/h2-6,15H,7-11H2,1H3,(H2,17,22)/t15-/m0/s1. The second kappa shape index (κ2) is 6.89. The Morgan fingerprint density at radius 2 is 1.96 bits per heavy atom. The van der Waals surface area contributed by atoms with Crippen molar-refractivity contribution in [1.29, 1.82) is 0 Å². The van der Waals surface area contributed by atoms with Crippen molar-refractivity contribution in [1.82, 2.24) is 19.9 Å². The van der Waals surface area contributed by atoms with E-state index in [2.05, 4.69) is 19.9 Å². The summed E-state index contributed by atoms with van der Waals surface area (Å²) in [6, 6.07) is 9.33. The summed E-state index contributed by atoms with van der Waals surface area (Å²) in [4.78, 5) is 20.5. The number of nitrogens with zero attached hydrogens (tertiary/aromatic N) is 4. The Bertz CT molecular complexity index is 650. The van der Waals surface area contributed by atoms with Gasteiger partial charge in [-0.25, -0.2) is 0 Å². The quantitative estimate of drug-likeness (QED) is 0.875. The topological polar surface area (TPSA) is 88.5 Å². The molecule has 2 aromatic rings. The van der Waals surface area contributed by atoms with Gasteiger partial charge in [0.2, 0.25) is 11.8 Å². The van der Waals surface area contributed by atoms with Crippen LogP contribution >= 0.6 is 0 Å². The van der Waals surface area contributed by atoms with Crippen molar-refractivity contribution < 1.29 is 9.32 Å². The number of carbonyl (C=O) groups excluding carboxylic acids is 1. The molecule has 1 saturated heterocycles. The average Bonchev–Trinajstić information content (AvgIpc) is 2.95. The lowest BCUT2D eigenvalue weighted by atomic mass is 10.0. The molecule has 2 heterocycles. The Morgan fingerprint density at radius 3 is 2.52 bits per heavy atom. The third-order valence-corrected chi connectivity index (χ3v) is 4.09. The second-order valence-electron chi connectivity index (χ2n) is 5.76. The molecular weight excluding hydrogens is 294 g/mol. The molecule has 1 aromatic carbocycles. The first kappa shape index (κ1) is 15.6. The van der Waals surface area contributed by atoms with Crippen LogP contribution in [0.25, 0.3) is 0 Å². The van der Waals surface area contributed by atoms with E-state index in [-0.39, 0.29) is 11.9 Å². The minimum atomic E-state index is -0.370. The lowest BCUT2D eigenvalue weighted by Crippen LogP contribution is -2.50. The van der Waals surface area contributed by atoms with Crippen LogP contribution in [-0.2, 0) is 11.3 Å². The Balaban J connectivity index is 1.61. The fourth-order valence-corrected chi connectivity index (χ4v) is 2.98. The lowest BCUT2D eigenvalue weighted by Gasteiger charge is -2.37. The van der Waals surface area contributed by atoms with Gasteiger partial charge in [-0.2, -0.15) is 4.98 Å². The molecule has 0 spiro atoms. The zero-order valence-electron chi connectivity index (χ0n) is 13.2. The van der Waals surface area contributed by atoms with Gasteiger partial charge in [0.15, 0.2) is 5.82 Å². The van der Waals surface area contributed by atoms with Gasteiger partial charge >= 0.3 is 0 Å². The summed E-state index contributed by atoms with van der Waals surface area (Å²) in [5.41, 5.74) is 6.58. The summed E-state index contributed by atoms with van der Waals surface area (Å²) in [6.07, 6.45) is 0. The average molecular weight is 315 g/mol. The first-order valence-corrected chi connectivity index (χ1v) is 7.73. The minimum Gasteiger partial charge on any atom is -0.368 e. The number of benzene rings is 1. The van der Waals surface area contributed by atoms with Crippen molar-refractivity contribution >= 4 is 5.91 Å². The van der Waals surface area contributed by atoms with Crippen LogP contribution in [0, 0.1) is 6.92 Å². The second-order valence-corrected chi connectivity index (χ2v) is 5.76. The summed E-state index contributed by atoms with van der Waals surface area (Å²) < 4.78 is 5.00. The molecule has 0 radical (unpaired) electrons. The zero-order valence-corrected chi connectivity index (χ0v) is 13.2. The Kier molecular flexibility index (Phi) is 4.68. The molecule has 122 valence electrons. The smallest absolute Gasteiger partial charge is 0.239 e. The van der Waals surface area contributed by atoms with Crippen molar-refractivity contribution in [3.8, 4) is 0 Å². The van der Waals surface area contributed by atoms with Crippen molar-refractivity contribution in [3.63, 3.8) is 0 Å². The number of primary amides is 1. The molecule has 1 aliphatic rings. The summed E-state index contributed by atoms with van der Waals surface area (Å²) >= 11 is 0. The molecule has 1 amide bonds. The van der Waals surface area contributed by atoms with Crippen LogP contribution in [0.5, 0.6) is 0 Å². The van der Waals surface area contributed by atoms with Crippen LogP contribution in [0.1, 0.15) is 23.3 Å². The maximum absolute atomic E-state index is 11.9. The Labute approximate surface area is 135 Å². The van der Waals surface area contributed by atoms with E-state index in [9.17, 15) is 4.79 Å². The molecule has 0 saturated carbocycles. The summed E-state index contributed by atoms with van der Waals surface area (Å²) in [6.45, 7) is 5.68. The Morgan fingerprint density at radius 1 is 1.26 bits per heavy atom. The number of aryl methyl sites for hydroxylation is 1. The molecule has 7 heteroatoms. The molecule has 1 fully saturated rings. The number of hydrogen-bond donors (Lipinski definition) is 1. The molecule has 3 rings (SSSR count). The molecule has 0 unspecified atom stereocenters. The predicted octanol–water partition coefficient (Wildman–Crippen LogP) is 0.722. The molecule has 2 N–H and O–H groups in total. The van der Waals surface area contributed by atoms with E-state index in [1.54, 1.807) is 6.92 Å². The fourth-order valence-electron chi connectivity index (χ4n) is 2.98. The van der Waals surface area contributed by atoms with Gasteiger partial charge in [0, 0.05) is 33.1 Å². The van der Waals surface area contributed by atoms with Gasteiger partial charge in [-0.1, -0.05) is 35.5 Å². The molecule has 0 bridgehead atoms. The summed E-state index contributed by atoms with van der Waals surface area (Å²) in [5.74, 6) is 0.973. The van der Waals surface area contributed by atoms with Crippen LogP contribution in [-0.4, -0.2) is 52.0 Å². The third kappa shape index (κ3) is 3.75. The molecule has 7 nitrogen and oxygen atoms in total. The highest BCUT2D eigenvalue weighted by Gasteiger charge is 2.29. The molecular formula is C16H21N5O2. The fraction of sp³-hybridized carbons (Fsp3) is 0.438. The van der Waals surface area contributed by atoms with E-state index in [4.69, 9.17) is 10.3 Å². The number of piperazine rings is 1. The van der Waals surface area contributed by atoms with Gasteiger partial charge in [0.25, 0.3) is 0 Å². The van der Waals surface area contributed by atoms with Crippen molar-refractivity contribution in [3.05, 3.63) is 47.6 Å². The molecule has 1 aromatic heterocycles. The van der Waals surface area contributed by atoms with E-state index in [0.717, 1.165) is 31.7 Å². The largest absolute Gasteiger partial charge is 0.368 e. The maximum Gasteiger partial charge on any atom is 0.239 e. The van der Waals surface area contributed by atoms with Crippen LogP contribution in [0.15, 0.2) is 34.9 Å². The van der Waals surface area contributed by atoms with Crippen LogP contribution < -0.4 is 5.73 Å². The summed E-state index contributed by atoms with van der Waals surface area (Å²) in [7, 11) is 0. The lowest BCUT2D eigenvalue weighted by molar-refractivity contribution is -0.124. The molecule has 0 aliphatic carbocycles. The van der Waals surface area contributed by atoms with Gasteiger partial charge in [0.1, 0.15) is 6.04 Å². The van der Waals surface area contributed by atoms with E-state index in [0.29, 0.717) is 18.3 Å². The van der Waals surface area contributed by atoms with Crippen LogP contribution in [0.2, 0.25) is 0 Å². The highest BCUT2D eigenvalue weighted by Crippen LogP contribution is 2.22. The highest BCUT2D eigenvalue weighted by molar-refractivity contribution is 5.81. The van der Waals surface area contributed by atoms with Crippen molar-refractivity contribution in [2.45, 2.75) is 19.5 Å². The summed E-state index contributed by atoms with van der Waals surface area (Å²) in [5, 5.41) is 3.92. The first-order chi connectivity index (χ1) is 11.1. The number of amides is 1. The molecule has 1 atom stereocenters. The van der Waals surface area contributed by atoms with E-state index < -0.39 is 0 Å². The number of nitrogens with two attached hydrogens (primary N) is 1. The SMILES string of the molecule is Cc1nc(CN2CCN([C@H](C(N)=O)c3ccccc3)CC2)no1. The normalized spacial score (nSPS) is 18.0. The zero-order chi connectivity index (χ0) is 16.2. The molecule has 23 heavy (non-hydrogen) atoms. The Hall–Kier alpha value is -2.25. The monoisotopic (exact) mass is 315 g/mol. The van der Waals surface area contributed by atoms with Crippen molar-refractivity contribution in [2.24, 2.45) is 5.73 Å². The van der Waals surface area contributed by atoms with Gasteiger partial charge in [-0.15, -0.1) is 0 Å².